The molecule has 0 bridgehead atoms. The molecular weight excluding hydrogens is 428 g/mol. The van der Waals surface area contributed by atoms with Crippen molar-refractivity contribution >= 4 is 45.2 Å². The van der Waals surface area contributed by atoms with Crippen molar-refractivity contribution in [3.8, 4) is 0 Å². The van der Waals surface area contributed by atoms with Gasteiger partial charge in [-0.3, -0.25) is 10.1 Å². The zero-order chi connectivity index (χ0) is 18.8. The molecule has 0 fully saturated rings. The molecule has 0 unspecified atom stereocenters. The van der Waals surface area contributed by atoms with E-state index in [2.05, 4.69) is 20.3 Å². The lowest BCUT2D eigenvalue weighted by Crippen LogP contribution is -2.24. The average molecular weight is 441 g/mol. The van der Waals surface area contributed by atoms with Crippen LogP contribution in [0.4, 0.5) is 5.69 Å². The fourth-order valence-electron chi connectivity index (χ4n) is 2.81. The van der Waals surface area contributed by atoms with E-state index in [1.54, 1.807) is 18.2 Å². The van der Waals surface area contributed by atoms with E-state index in [0.717, 1.165) is 33.4 Å². The summed E-state index contributed by atoms with van der Waals surface area (Å²) in [6.07, 6.45) is 5.83. The van der Waals surface area contributed by atoms with Gasteiger partial charge >= 0.3 is 0 Å². The van der Waals surface area contributed by atoms with Crippen LogP contribution in [0.25, 0.3) is 0 Å². The van der Waals surface area contributed by atoms with E-state index >= 15 is 0 Å². The third-order valence-corrected chi connectivity index (χ3v) is 5.35. The van der Waals surface area contributed by atoms with Gasteiger partial charge in [0.05, 0.1) is 4.92 Å². The van der Waals surface area contributed by atoms with Gasteiger partial charge in [0.1, 0.15) is 10.7 Å². The predicted molar refractivity (Wildman–Crippen MR) is 111 cm³/mol. The van der Waals surface area contributed by atoms with Crippen LogP contribution in [0, 0.1) is 10.1 Å². The van der Waals surface area contributed by atoms with Gasteiger partial charge in [0.15, 0.2) is 5.84 Å². The number of nitrogens with zero attached hydrogens (tertiary/aromatic N) is 4. The van der Waals surface area contributed by atoms with Gasteiger partial charge in [0.2, 0.25) is 0 Å². The third-order valence-electron chi connectivity index (χ3n) is 4.08. The van der Waals surface area contributed by atoms with Crippen molar-refractivity contribution in [3.05, 3.63) is 92.6 Å². The summed E-state index contributed by atoms with van der Waals surface area (Å²) < 4.78 is 5.52. The van der Waals surface area contributed by atoms with Crippen LogP contribution in [0.5, 0.6) is 0 Å². The van der Waals surface area contributed by atoms with Crippen LogP contribution in [-0.2, 0) is 6.54 Å². The fraction of sp³-hybridized carbons (Fsp3) is 0.0526. The maximum absolute atomic E-state index is 11.2. The highest BCUT2D eigenvalue weighted by Crippen LogP contribution is 2.31. The summed E-state index contributed by atoms with van der Waals surface area (Å²) in [6.45, 7) is 0.670. The number of hydrogen-bond acceptors (Lipinski definition) is 5. The van der Waals surface area contributed by atoms with E-state index in [-0.39, 0.29) is 5.69 Å². The largest absolute Gasteiger partial charge is 0.327 e. The highest BCUT2D eigenvalue weighted by atomic mass is 79.9. The molecule has 0 N–H and O–H groups in total. The summed E-state index contributed by atoms with van der Waals surface area (Å²) in [7, 11) is 0. The van der Waals surface area contributed by atoms with E-state index in [4.69, 9.17) is 4.99 Å². The summed E-state index contributed by atoms with van der Waals surface area (Å²) in [5, 5.41) is 11.2. The van der Waals surface area contributed by atoms with Crippen LogP contribution in [-0.4, -0.2) is 21.5 Å². The highest BCUT2D eigenvalue weighted by molar-refractivity contribution is 9.11. The van der Waals surface area contributed by atoms with Crippen LogP contribution in [0.3, 0.4) is 0 Å². The van der Waals surface area contributed by atoms with Crippen molar-refractivity contribution in [1.29, 1.82) is 0 Å². The van der Waals surface area contributed by atoms with Gasteiger partial charge in [-0.25, -0.2) is 4.99 Å². The van der Waals surface area contributed by atoms with Crippen LogP contribution >= 0.6 is 27.9 Å². The zero-order valence-electron chi connectivity index (χ0n) is 13.9. The van der Waals surface area contributed by atoms with Crippen LogP contribution in [0.15, 0.2) is 85.7 Å². The van der Waals surface area contributed by atoms with Crippen molar-refractivity contribution in [2.24, 2.45) is 9.39 Å². The van der Waals surface area contributed by atoms with Crippen molar-refractivity contribution in [1.82, 2.24) is 4.90 Å². The second kappa shape index (κ2) is 7.50. The lowest BCUT2D eigenvalue weighted by Gasteiger charge is -2.21. The molecule has 8 heteroatoms. The van der Waals surface area contributed by atoms with E-state index in [9.17, 15) is 10.1 Å². The minimum Gasteiger partial charge on any atom is -0.327 e. The fourth-order valence-corrected chi connectivity index (χ4v) is 3.89. The van der Waals surface area contributed by atoms with E-state index in [1.807, 2.05) is 47.5 Å². The lowest BCUT2D eigenvalue weighted by molar-refractivity contribution is -0.387. The maximum Gasteiger partial charge on any atom is 0.284 e. The van der Waals surface area contributed by atoms with Gasteiger partial charge in [0, 0.05) is 40.8 Å². The Bertz CT molecular complexity index is 1050. The second-order valence-electron chi connectivity index (χ2n) is 5.83. The van der Waals surface area contributed by atoms with Crippen molar-refractivity contribution in [3.63, 3.8) is 0 Å². The molecule has 2 aromatic carbocycles. The minimum atomic E-state index is -0.399. The number of hydrogen-bond donors (Lipinski definition) is 0. The van der Waals surface area contributed by atoms with Crippen molar-refractivity contribution in [2.75, 3.05) is 0 Å². The molecule has 0 radical (unpaired) electrons. The summed E-state index contributed by atoms with van der Waals surface area (Å²) >= 11 is 4.56. The molecule has 6 nitrogen and oxygen atoms in total. The van der Waals surface area contributed by atoms with Gasteiger partial charge in [-0.15, -0.1) is 0 Å². The van der Waals surface area contributed by atoms with Crippen LogP contribution in [0.2, 0.25) is 0 Å². The molecule has 2 heterocycles. The Morgan fingerprint density at radius 2 is 1.93 bits per heavy atom. The Kier molecular flexibility index (Phi) is 4.91. The first-order valence-corrected chi connectivity index (χ1v) is 9.66. The highest BCUT2D eigenvalue weighted by Gasteiger charge is 2.21. The first kappa shape index (κ1) is 17.7. The van der Waals surface area contributed by atoms with Gasteiger partial charge in [-0.2, -0.15) is 4.40 Å². The number of rotatable bonds is 3. The number of nitro benzene ring substituents is 1. The molecular formula is C19H13BrN4O2S. The van der Waals surface area contributed by atoms with E-state index in [0.29, 0.717) is 17.3 Å². The quantitative estimate of drug-likeness (QED) is 0.379. The Morgan fingerprint density at radius 1 is 1.15 bits per heavy atom. The summed E-state index contributed by atoms with van der Waals surface area (Å²) in [6, 6.07) is 14.5. The minimum absolute atomic E-state index is 0.0347. The van der Waals surface area contributed by atoms with Crippen LogP contribution < -0.4 is 0 Å². The second-order valence-corrected chi connectivity index (χ2v) is 7.55. The van der Waals surface area contributed by atoms with Gasteiger partial charge in [-0.1, -0.05) is 36.4 Å². The Morgan fingerprint density at radius 3 is 2.78 bits per heavy atom. The molecule has 0 saturated heterocycles. The molecule has 0 saturated carbocycles. The summed E-state index contributed by atoms with van der Waals surface area (Å²) in [4.78, 5) is 18.1. The zero-order valence-corrected chi connectivity index (χ0v) is 16.4. The molecule has 0 aromatic heterocycles. The molecule has 2 aromatic rings. The topological polar surface area (TPSA) is 71.1 Å². The normalized spacial score (nSPS) is 16.9. The van der Waals surface area contributed by atoms with Crippen molar-refractivity contribution in [2.45, 2.75) is 11.4 Å². The summed E-state index contributed by atoms with van der Waals surface area (Å²) in [5.74, 6) is 1.32. The monoisotopic (exact) mass is 440 g/mol. The molecule has 0 spiro atoms. The van der Waals surface area contributed by atoms with Gasteiger partial charge in [-0.05, 0) is 39.7 Å². The third kappa shape index (κ3) is 3.72. The number of aliphatic imine (C=N–C) groups is 1. The number of para-hydroxylation sites is 1. The number of fused-ring (bicyclic) bond motifs is 2. The number of benzene rings is 2. The number of halogens is 1. The molecule has 2 aliphatic heterocycles. The molecule has 27 heavy (non-hydrogen) atoms. The van der Waals surface area contributed by atoms with Crippen molar-refractivity contribution < 1.29 is 4.92 Å². The molecule has 4 rings (SSSR count). The Hall–Kier alpha value is -2.71. The number of allylic oxidation sites excluding steroid dienone is 2. The lowest BCUT2D eigenvalue weighted by atomic mass is 10.1. The summed E-state index contributed by atoms with van der Waals surface area (Å²) in [5.41, 5.74) is 2.04. The average Bonchev–Trinajstić information content (AvgIpc) is 2.82. The SMILES string of the molecule is O=[N+]([O-])c1ccccc1S/N=C1\N=C2C=CC(Br)=CN2Cc2ccccc21. The van der Waals surface area contributed by atoms with Crippen LogP contribution in [0.1, 0.15) is 11.1 Å². The first-order chi connectivity index (χ1) is 13.1. The van der Waals surface area contributed by atoms with Gasteiger partial charge in [0.25, 0.3) is 5.69 Å². The molecule has 134 valence electrons. The molecule has 0 amide bonds. The molecule has 0 aliphatic carbocycles. The van der Waals surface area contributed by atoms with E-state index in [1.165, 1.54) is 6.07 Å². The molecule has 0 atom stereocenters. The Balaban J connectivity index is 1.77. The number of amidine groups is 2. The maximum atomic E-state index is 11.2. The predicted octanol–water partition coefficient (Wildman–Crippen LogP) is 5.07. The standard InChI is InChI=1S/C19H13BrN4O2S/c20-14-9-10-18-21-19(15-6-2-1-5-13(15)11-23(18)12-14)22-27-17-8-4-3-7-16(17)24(25)26/h1-10,12H,11H2/b22-19-. The molecule has 2 aliphatic rings. The van der Waals surface area contributed by atoms with Gasteiger partial charge < -0.3 is 4.90 Å². The van der Waals surface area contributed by atoms with E-state index < -0.39 is 4.92 Å². The number of nitro groups is 1. The smallest absolute Gasteiger partial charge is 0.284 e. The Labute approximate surface area is 168 Å². The first-order valence-electron chi connectivity index (χ1n) is 8.09.